The Hall–Kier alpha value is -1.76. The summed E-state index contributed by atoms with van der Waals surface area (Å²) >= 11 is 0. The number of alkyl halides is 3. The third kappa shape index (κ3) is 5.62. The topological polar surface area (TPSA) is 43.8 Å². The number of carbonyl (C=O) groups is 1. The van der Waals surface area contributed by atoms with Crippen LogP contribution in [0.5, 0.6) is 0 Å². The number of hydrogen-bond donors (Lipinski definition) is 1. The van der Waals surface area contributed by atoms with Crippen LogP contribution >= 0.6 is 0 Å². The molecule has 7 heteroatoms. The molecule has 1 saturated heterocycles. The Morgan fingerprint density at radius 2 is 1.85 bits per heavy atom. The molecule has 1 aliphatic heterocycles. The van der Waals surface area contributed by atoms with Crippen LogP contribution in [0.4, 0.5) is 18.0 Å². The van der Waals surface area contributed by atoms with Crippen LogP contribution in [0, 0.1) is 5.92 Å². The number of piperidine rings is 1. The number of halogens is 3. The molecule has 146 valence electrons. The number of rotatable bonds is 4. The van der Waals surface area contributed by atoms with Crippen molar-refractivity contribution in [3.8, 4) is 0 Å². The summed E-state index contributed by atoms with van der Waals surface area (Å²) in [6.45, 7) is 8.32. The summed E-state index contributed by atoms with van der Waals surface area (Å²) in [5.41, 5.74) is -0.258. The predicted octanol–water partition coefficient (Wildman–Crippen LogP) is 4.70. The van der Waals surface area contributed by atoms with Gasteiger partial charge in [-0.1, -0.05) is 12.1 Å². The lowest BCUT2D eigenvalue weighted by molar-refractivity contribution is -0.137. The van der Waals surface area contributed by atoms with Crippen LogP contribution in [0.3, 0.4) is 0 Å². The fourth-order valence-corrected chi connectivity index (χ4v) is 3.40. The summed E-state index contributed by atoms with van der Waals surface area (Å²) in [5.74, 6) is 0.230. The van der Waals surface area contributed by atoms with E-state index in [0.29, 0.717) is 13.1 Å². The van der Waals surface area contributed by atoms with Crippen LogP contribution in [-0.4, -0.2) is 46.2 Å². The summed E-state index contributed by atoms with van der Waals surface area (Å²) in [5, 5.41) is 9.45. The van der Waals surface area contributed by atoms with Crippen LogP contribution in [0.25, 0.3) is 0 Å². The zero-order valence-corrected chi connectivity index (χ0v) is 15.5. The molecule has 0 radical (unpaired) electrons. The maximum Gasteiger partial charge on any atom is 0.416 e. The fourth-order valence-electron chi connectivity index (χ4n) is 3.40. The van der Waals surface area contributed by atoms with Crippen molar-refractivity contribution in [2.24, 2.45) is 5.92 Å². The van der Waals surface area contributed by atoms with Crippen molar-refractivity contribution < 1.29 is 23.1 Å². The van der Waals surface area contributed by atoms with E-state index < -0.39 is 23.4 Å². The van der Waals surface area contributed by atoms with Crippen molar-refractivity contribution >= 4 is 6.09 Å². The van der Waals surface area contributed by atoms with Crippen molar-refractivity contribution in [1.82, 2.24) is 9.80 Å². The van der Waals surface area contributed by atoms with Crippen LogP contribution in [-0.2, 0) is 12.7 Å². The Morgan fingerprint density at radius 1 is 1.23 bits per heavy atom. The number of hydrogen-bond acceptors (Lipinski definition) is 2. The van der Waals surface area contributed by atoms with Crippen LogP contribution in [0.1, 0.15) is 44.7 Å². The number of benzene rings is 1. The lowest BCUT2D eigenvalue weighted by Crippen LogP contribution is -2.49. The van der Waals surface area contributed by atoms with Gasteiger partial charge < -0.3 is 10.0 Å². The standard InChI is InChI=1S/C19H27F3N2O2/c1-18(2,3)24(17(25)26)13-15-5-4-10-23(12-15)11-14-6-8-16(9-7-14)19(20,21)22/h6-9,15H,4-5,10-13H2,1-3H3,(H,25,26). The van der Waals surface area contributed by atoms with Crippen LogP contribution in [0.15, 0.2) is 24.3 Å². The van der Waals surface area contributed by atoms with Crippen molar-refractivity contribution in [2.75, 3.05) is 19.6 Å². The highest BCUT2D eigenvalue weighted by atomic mass is 19.4. The van der Waals surface area contributed by atoms with Gasteiger partial charge in [-0.05, 0) is 63.8 Å². The van der Waals surface area contributed by atoms with E-state index in [2.05, 4.69) is 4.90 Å². The molecule has 1 fully saturated rings. The first-order chi connectivity index (χ1) is 12.0. The monoisotopic (exact) mass is 372 g/mol. The molecule has 1 amide bonds. The smallest absolute Gasteiger partial charge is 0.416 e. The zero-order valence-electron chi connectivity index (χ0n) is 15.5. The average Bonchev–Trinajstić information content (AvgIpc) is 2.51. The predicted molar refractivity (Wildman–Crippen MR) is 93.9 cm³/mol. The number of nitrogens with zero attached hydrogens (tertiary/aromatic N) is 2. The molecule has 1 unspecified atom stereocenters. The molecule has 26 heavy (non-hydrogen) atoms. The second kappa shape index (κ2) is 7.86. The maximum atomic E-state index is 12.6. The Kier molecular flexibility index (Phi) is 6.21. The minimum atomic E-state index is -4.32. The van der Waals surface area contributed by atoms with Gasteiger partial charge in [0.2, 0.25) is 0 Å². The summed E-state index contributed by atoms with van der Waals surface area (Å²) in [4.78, 5) is 15.2. The van der Waals surface area contributed by atoms with E-state index in [9.17, 15) is 23.1 Å². The van der Waals surface area contributed by atoms with Gasteiger partial charge in [-0.2, -0.15) is 13.2 Å². The van der Waals surface area contributed by atoms with Gasteiger partial charge in [0.1, 0.15) is 0 Å². The molecule has 4 nitrogen and oxygen atoms in total. The second-order valence-electron chi connectivity index (χ2n) is 8.00. The molecule has 0 saturated carbocycles. The van der Waals surface area contributed by atoms with E-state index >= 15 is 0 Å². The van der Waals surface area contributed by atoms with Crippen molar-refractivity contribution in [3.63, 3.8) is 0 Å². The molecule has 0 bridgehead atoms. The first-order valence-electron chi connectivity index (χ1n) is 8.86. The van der Waals surface area contributed by atoms with Crippen LogP contribution < -0.4 is 0 Å². The zero-order chi connectivity index (χ0) is 19.5. The maximum absolute atomic E-state index is 12.6. The molecular weight excluding hydrogens is 345 g/mol. The summed E-state index contributed by atoms with van der Waals surface area (Å²) in [7, 11) is 0. The summed E-state index contributed by atoms with van der Waals surface area (Å²) in [6.07, 6.45) is -3.31. The van der Waals surface area contributed by atoms with Crippen LogP contribution in [0.2, 0.25) is 0 Å². The third-order valence-corrected chi connectivity index (χ3v) is 4.77. The van der Waals surface area contributed by atoms with E-state index in [4.69, 9.17) is 0 Å². The largest absolute Gasteiger partial charge is 0.465 e. The molecule has 1 atom stereocenters. The molecule has 1 aromatic rings. The Labute approximate surface area is 152 Å². The minimum Gasteiger partial charge on any atom is -0.465 e. The van der Waals surface area contributed by atoms with Gasteiger partial charge in [0.25, 0.3) is 0 Å². The Morgan fingerprint density at radius 3 is 2.35 bits per heavy atom. The SMILES string of the molecule is CC(C)(C)N(CC1CCCN(Cc2ccc(C(F)(F)F)cc2)C1)C(=O)O. The van der Waals surface area contributed by atoms with Gasteiger partial charge in [-0.25, -0.2) is 4.79 Å². The first-order valence-corrected chi connectivity index (χ1v) is 8.86. The van der Waals surface area contributed by atoms with Gasteiger partial charge >= 0.3 is 12.3 Å². The second-order valence-corrected chi connectivity index (χ2v) is 8.00. The Balaban J connectivity index is 1.97. The van der Waals surface area contributed by atoms with Gasteiger partial charge in [0.15, 0.2) is 0 Å². The molecule has 0 aliphatic carbocycles. The van der Waals surface area contributed by atoms with Gasteiger partial charge in [-0.3, -0.25) is 4.90 Å². The van der Waals surface area contributed by atoms with E-state index in [0.717, 1.165) is 43.6 Å². The average molecular weight is 372 g/mol. The highest BCUT2D eigenvalue weighted by Crippen LogP contribution is 2.29. The van der Waals surface area contributed by atoms with Gasteiger partial charge in [-0.15, -0.1) is 0 Å². The molecular formula is C19H27F3N2O2. The molecule has 1 N–H and O–H groups in total. The fraction of sp³-hybridized carbons (Fsp3) is 0.632. The van der Waals surface area contributed by atoms with E-state index in [1.54, 1.807) is 0 Å². The summed E-state index contributed by atoms with van der Waals surface area (Å²) < 4.78 is 37.9. The minimum absolute atomic E-state index is 0.230. The molecule has 0 aromatic heterocycles. The number of carboxylic acid groups (broad SMARTS) is 1. The number of likely N-dealkylation sites (tertiary alicyclic amines) is 1. The molecule has 1 heterocycles. The molecule has 0 spiro atoms. The highest BCUT2D eigenvalue weighted by molar-refractivity contribution is 5.66. The quantitative estimate of drug-likeness (QED) is 0.833. The molecule has 1 aromatic carbocycles. The molecule has 2 rings (SSSR count). The number of amides is 1. The van der Waals surface area contributed by atoms with Crippen molar-refractivity contribution in [3.05, 3.63) is 35.4 Å². The normalized spacial score (nSPS) is 19.4. The van der Waals surface area contributed by atoms with Gasteiger partial charge in [0, 0.05) is 25.2 Å². The van der Waals surface area contributed by atoms with E-state index in [1.807, 2.05) is 20.8 Å². The third-order valence-electron chi connectivity index (χ3n) is 4.77. The van der Waals surface area contributed by atoms with Crippen molar-refractivity contribution in [2.45, 2.75) is 51.9 Å². The van der Waals surface area contributed by atoms with E-state index in [-0.39, 0.29) is 5.92 Å². The van der Waals surface area contributed by atoms with Gasteiger partial charge in [0.05, 0.1) is 5.56 Å². The van der Waals surface area contributed by atoms with Crippen molar-refractivity contribution in [1.29, 1.82) is 0 Å². The van der Waals surface area contributed by atoms with E-state index in [1.165, 1.54) is 17.0 Å². The first kappa shape index (κ1) is 20.6. The molecule has 1 aliphatic rings. The lowest BCUT2D eigenvalue weighted by atomic mass is 9.95. The lowest BCUT2D eigenvalue weighted by Gasteiger charge is -2.39. The highest BCUT2D eigenvalue weighted by Gasteiger charge is 2.31. The Bertz CT molecular complexity index is 609. The summed E-state index contributed by atoms with van der Waals surface area (Å²) in [6, 6.07) is 5.27.